The van der Waals surface area contributed by atoms with Gasteiger partial charge in [-0.1, -0.05) is 36.4 Å². The van der Waals surface area contributed by atoms with Crippen LogP contribution in [0.4, 0.5) is 0 Å². The standard InChI is InChI=1S/C16H17NO/c1-11(18)17-10-14-9-8-13-5-2-4-12-6-3-7-15(14)16(12)13/h2-7,14H,8-10H2,1H3,(H,17,18). The van der Waals surface area contributed by atoms with E-state index in [1.165, 1.54) is 21.9 Å². The SMILES string of the molecule is CC(=O)NCC1CCc2cccc3cccc1c23. The Bertz CT molecular complexity index is 598. The molecule has 0 saturated carbocycles. The summed E-state index contributed by atoms with van der Waals surface area (Å²) in [5.41, 5.74) is 2.84. The lowest BCUT2D eigenvalue weighted by Gasteiger charge is -2.25. The first-order valence-electron chi connectivity index (χ1n) is 6.50. The fourth-order valence-electron chi connectivity index (χ4n) is 2.96. The quantitative estimate of drug-likeness (QED) is 0.857. The van der Waals surface area contributed by atoms with E-state index in [1.54, 1.807) is 6.92 Å². The molecule has 0 spiro atoms. The van der Waals surface area contributed by atoms with Crippen molar-refractivity contribution < 1.29 is 4.79 Å². The number of carbonyl (C=O) groups excluding carboxylic acids is 1. The fraction of sp³-hybridized carbons (Fsp3) is 0.312. The number of hydrogen-bond donors (Lipinski definition) is 1. The highest BCUT2D eigenvalue weighted by molar-refractivity contribution is 5.90. The van der Waals surface area contributed by atoms with E-state index in [4.69, 9.17) is 0 Å². The summed E-state index contributed by atoms with van der Waals surface area (Å²) < 4.78 is 0. The lowest BCUT2D eigenvalue weighted by Crippen LogP contribution is -2.27. The number of aryl methyl sites for hydroxylation is 1. The molecule has 1 N–H and O–H groups in total. The van der Waals surface area contributed by atoms with Crippen molar-refractivity contribution >= 4 is 16.7 Å². The van der Waals surface area contributed by atoms with Gasteiger partial charge in [0.25, 0.3) is 0 Å². The van der Waals surface area contributed by atoms with Crippen molar-refractivity contribution in [2.45, 2.75) is 25.7 Å². The summed E-state index contributed by atoms with van der Waals surface area (Å²) in [4.78, 5) is 11.1. The second-order valence-corrected chi connectivity index (χ2v) is 5.04. The summed E-state index contributed by atoms with van der Waals surface area (Å²) in [5, 5.41) is 5.67. The molecule has 1 atom stereocenters. The second-order valence-electron chi connectivity index (χ2n) is 5.04. The maximum Gasteiger partial charge on any atom is 0.216 e. The molecule has 1 aliphatic rings. The number of hydrogen-bond acceptors (Lipinski definition) is 1. The molecule has 2 aromatic carbocycles. The van der Waals surface area contributed by atoms with Gasteiger partial charge in [0.1, 0.15) is 0 Å². The van der Waals surface area contributed by atoms with Gasteiger partial charge in [0.05, 0.1) is 0 Å². The van der Waals surface area contributed by atoms with E-state index in [2.05, 4.69) is 41.7 Å². The number of rotatable bonds is 2. The molecule has 0 radical (unpaired) electrons. The molecule has 3 rings (SSSR count). The molecule has 0 aliphatic heterocycles. The zero-order valence-corrected chi connectivity index (χ0v) is 10.6. The van der Waals surface area contributed by atoms with Gasteiger partial charge in [0, 0.05) is 19.4 Å². The molecule has 1 aliphatic carbocycles. The zero-order valence-electron chi connectivity index (χ0n) is 10.6. The van der Waals surface area contributed by atoms with Gasteiger partial charge in [-0.05, 0) is 34.7 Å². The van der Waals surface area contributed by atoms with Crippen molar-refractivity contribution in [2.75, 3.05) is 6.54 Å². The van der Waals surface area contributed by atoms with E-state index in [0.29, 0.717) is 5.92 Å². The highest BCUT2D eigenvalue weighted by Crippen LogP contribution is 2.36. The minimum atomic E-state index is 0.0565. The van der Waals surface area contributed by atoms with Gasteiger partial charge in [-0.3, -0.25) is 4.79 Å². The summed E-state index contributed by atoms with van der Waals surface area (Å²) in [6.45, 7) is 2.33. The molecule has 18 heavy (non-hydrogen) atoms. The van der Waals surface area contributed by atoms with Crippen LogP contribution in [0.25, 0.3) is 10.8 Å². The Balaban J connectivity index is 2.04. The third-order valence-corrected chi connectivity index (χ3v) is 3.82. The zero-order chi connectivity index (χ0) is 12.5. The van der Waals surface area contributed by atoms with Crippen molar-refractivity contribution in [2.24, 2.45) is 0 Å². The summed E-state index contributed by atoms with van der Waals surface area (Å²) in [6, 6.07) is 13.0. The molecule has 0 saturated heterocycles. The topological polar surface area (TPSA) is 29.1 Å². The van der Waals surface area contributed by atoms with Crippen LogP contribution < -0.4 is 5.32 Å². The van der Waals surface area contributed by atoms with Crippen molar-refractivity contribution in [3.8, 4) is 0 Å². The van der Waals surface area contributed by atoms with Crippen LogP contribution in [-0.2, 0) is 11.2 Å². The highest BCUT2D eigenvalue weighted by atomic mass is 16.1. The average Bonchev–Trinajstić information content (AvgIpc) is 2.38. The van der Waals surface area contributed by atoms with Crippen LogP contribution in [0.5, 0.6) is 0 Å². The van der Waals surface area contributed by atoms with E-state index in [-0.39, 0.29) is 5.91 Å². The molecule has 0 fully saturated rings. The van der Waals surface area contributed by atoms with Crippen LogP contribution >= 0.6 is 0 Å². The Morgan fingerprint density at radius 3 is 2.83 bits per heavy atom. The van der Waals surface area contributed by atoms with Crippen LogP contribution in [0.1, 0.15) is 30.4 Å². The van der Waals surface area contributed by atoms with Crippen LogP contribution in [0.15, 0.2) is 36.4 Å². The highest BCUT2D eigenvalue weighted by Gasteiger charge is 2.21. The van der Waals surface area contributed by atoms with E-state index in [9.17, 15) is 4.79 Å². The van der Waals surface area contributed by atoms with E-state index >= 15 is 0 Å². The summed E-state index contributed by atoms with van der Waals surface area (Å²) >= 11 is 0. The molecule has 92 valence electrons. The summed E-state index contributed by atoms with van der Waals surface area (Å²) in [7, 11) is 0. The minimum absolute atomic E-state index is 0.0565. The van der Waals surface area contributed by atoms with Gasteiger partial charge in [0.2, 0.25) is 5.91 Å². The molecule has 2 nitrogen and oxygen atoms in total. The van der Waals surface area contributed by atoms with Crippen molar-refractivity contribution in [3.05, 3.63) is 47.5 Å². The Labute approximate surface area is 107 Å². The predicted octanol–water partition coefficient (Wildman–Crippen LogP) is 3.01. The van der Waals surface area contributed by atoms with E-state index in [1.807, 2.05) is 0 Å². The molecular weight excluding hydrogens is 222 g/mol. The van der Waals surface area contributed by atoms with Gasteiger partial charge in [-0.15, -0.1) is 0 Å². The second kappa shape index (κ2) is 4.45. The first-order chi connectivity index (χ1) is 8.75. The molecule has 0 heterocycles. The van der Waals surface area contributed by atoms with Crippen LogP contribution in [0.3, 0.4) is 0 Å². The van der Waals surface area contributed by atoms with Crippen LogP contribution in [0, 0.1) is 0 Å². The number of benzene rings is 2. The first-order valence-corrected chi connectivity index (χ1v) is 6.50. The monoisotopic (exact) mass is 239 g/mol. The average molecular weight is 239 g/mol. The molecule has 2 aromatic rings. The minimum Gasteiger partial charge on any atom is -0.356 e. The summed E-state index contributed by atoms with van der Waals surface area (Å²) in [6.07, 6.45) is 2.23. The largest absolute Gasteiger partial charge is 0.356 e. The van der Waals surface area contributed by atoms with Gasteiger partial charge in [-0.25, -0.2) is 0 Å². The molecule has 2 heteroatoms. The van der Waals surface area contributed by atoms with Crippen molar-refractivity contribution in [1.29, 1.82) is 0 Å². The molecule has 0 aromatic heterocycles. The van der Waals surface area contributed by atoms with Gasteiger partial charge >= 0.3 is 0 Å². The smallest absolute Gasteiger partial charge is 0.216 e. The lowest BCUT2D eigenvalue weighted by molar-refractivity contribution is -0.119. The van der Waals surface area contributed by atoms with Gasteiger partial charge in [0.15, 0.2) is 0 Å². The predicted molar refractivity (Wildman–Crippen MR) is 73.7 cm³/mol. The molecule has 1 unspecified atom stereocenters. The fourth-order valence-corrected chi connectivity index (χ4v) is 2.96. The number of carbonyl (C=O) groups is 1. The van der Waals surface area contributed by atoms with Crippen molar-refractivity contribution in [1.82, 2.24) is 5.32 Å². The van der Waals surface area contributed by atoms with Crippen LogP contribution in [-0.4, -0.2) is 12.5 Å². The third kappa shape index (κ3) is 1.88. The number of nitrogens with one attached hydrogen (secondary N) is 1. The lowest BCUT2D eigenvalue weighted by atomic mass is 9.81. The van der Waals surface area contributed by atoms with E-state index < -0.39 is 0 Å². The van der Waals surface area contributed by atoms with Gasteiger partial charge < -0.3 is 5.32 Å². The molecule has 1 amide bonds. The van der Waals surface area contributed by atoms with Gasteiger partial charge in [-0.2, -0.15) is 0 Å². The maximum absolute atomic E-state index is 11.1. The third-order valence-electron chi connectivity index (χ3n) is 3.82. The van der Waals surface area contributed by atoms with E-state index in [0.717, 1.165) is 19.4 Å². The Hall–Kier alpha value is -1.83. The summed E-state index contributed by atoms with van der Waals surface area (Å²) in [5.74, 6) is 0.508. The first kappa shape index (κ1) is 11.3. The van der Waals surface area contributed by atoms with Crippen LogP contribution in [0.2, 0.25) is 0 Å². The maximum atomic E-state index is 11.1. The van der Waals surface area contributed by atoms with Crippen molar-refractivity contribution in [3.63, 3.8) is 0 Å². The Kier molecular flexibility index (Phi) is 2.78. The number of amides is 1. The normalized spacial score (nSPS) is 17.7. The Morgan fingerprint density at radius 1 is 1.28 bits per heavy atom. The molecular formula is C16H17NO. The Morgan fingerprint density at radius 2 is 2.06 bits per heavy atom. The molecule has 0 bridgehead atoms.